The molecule has 0 spiro atoms. The van der Waals surface area contributed by atoms with Gasteiger partial charge in [0.25, 0.3) is 0 Å². The molecular formula is C26H32O2. The molecule has 0 amide bonds. The summed E-state index contributed by atoms with van der Waals surface area (Å²) in [7, 11) is 0. The zero-order chi connectivity index (χ0) is 20.9. The number of hydrogen-bond donors (Lipinski definition) is 2. The Balaban J connectivity index is 0.000000202. The molecule has 2 nitrogen and oxygen atoms in total. The molecule has 0 bridgehead atoms. The predicted octanol–water partition coefficient (Wildman–Crippen LogP) is 7.05. The summed E-state index contributed by atoms with van der Waals surface area (Å²) in [5.74, 6) is 0.739. The first-order valence-corrected chi connectivity index (χ1v) is 9.67. The summed E-state index contributed by atoms with van der Waals surface area (Å²) in [6.45, 7) is 12.8. The van der Waals surface area contributed by atoms with Crippen LogP contribution in [0.15, 0.2) is 72.8 Å². The van der Waals surface area contributed by atoms with E-state index in [9.17, 15) is 10.2 Å². The van der Waals surface area contributed by atoms with E-state index in [1.165, 1.54) is 5.56 Å². The summed E-state index contributed by atoms with van der Waals surface area (Å²) in [6.07, 6.45) is 0. The smallest absolute Gasteiger partial charge is 0.123 e. The summed E-state index contributed by atoms with van der Waals surface area (Å²) in [4.78, 5) is 0. The van der Waals surface area contributed by atoms with Gasteiger partial charge in [-0.05, 0) is 39.7 Å². The SMILES string of the molecule is CC(C)(C)c1ccc(C(C)(C)C)c(O)c1.Oc1ccccc1-c1ccccc1. The van der Waals surface area contributed by atoms with Crippen molar-refractivity contribution in [3.63, 3.8) is 0 Å². The highest BCUT2D eigenvalue weighted by molar-refractivity contribution is 5.69. The molecular weight excluding hydrogens is 344 g/mol. The maximum atomic E-state index is 9.99. The Morgan fingerprint density at radius 2 is 1.14 bits per heavy atom. The Labute approximate surface area is 169 Å². The van der Waals surface area contributed by atoms with Crippen molar-refractivity contribution < 1.29 is 10.2 Å². The zero-order valence-electron chi connectivity index (χ0n) is 17.8. The van der Waals surface area contributed by atoms with Gasteiger partial charge < -0.3 is 10.2 Å². The molecule has 148 valence electrons. The number of hydrogen-bond acceptors (Lipinski definition) is 2. The van der Waals surface area contributed by atoms with Crippen molar-refractivity contribution in [2.45, 2.75) is 52.4 Å². The topological polar surface area (TPSA) is 40.5 Å². The number of phenolic OH excluding ortho intramolecular Hbond substituents is 2. The first-order valence-electron chi connectivity index (χ1n) is 9.67. The molecule has 0 saturated heterocycles. The minimum absolute atomic E-state index is 0.000494. The molecule has 28 heavy (non-hydrogen) atoms. The van der Waals surface area contributed by atoms with Gasteiger partial charge in [0.1, 0.15) is 11.5 Å². The minimum atomic E-state index is 0.000494. The van der Waals surface area contributed by atoms with Crippen molar-refractivity contribution in [3.8, 4) is 22.6 Å². The van der Waals surface area contributed by atoms with E-state index >= 15 is 0 Å². The third kappa shape index (κ3) is 5.63. The van der Waals surface area contributed by atoms with Crippen LogP contribution in [0.4, 0.5) is 0 Å². The Kier molecular flexibility index (Phi) is 6.56. The second-order valence-corrected chi connectivity index (χ2v) is 9.12. The molecule has 3 aromatic rings. The number of rotatable bonds is 1. The van der Waals surface area contributed by atoms with E-state index in [0.29, 0.717) is 11.5 Å². The maximum absolute atomic E-state index is 9.99. The lowest BCUT2D eigenvalue weighted by molar-refractivity contribution is 0.443. The summed E-state index contributed by atoms with van der Waals surface area (Å²) in [6, 6.07) is 23.2. The Morgan fingerprint density at radius 3 is 1.64 bits per heavy atom. The normalized spacial score (nSPS) is 11.5. The van der Waals surface area contributed by atoms with Crippen LogP contribution in [0.3, 0.4) is 0 Å². The van der Waals surface area contributed by atoms with Gasteiger partial charge in [-0.25, -0.2) is 0 Å². The predicted molar refractivity (Wildman–Crippen MR) is 119 cm³/mol. The fourth-order valence-electron chi connectivity index (χ4n) is 2.97. The van der Waals surface area contributed by atoms with Crippen LogP contribution in [0, 0.1) is 0 Å². The second-order valence-electron chi connectivity index (χ2n) is 9.12. The lowest BCUT2D eigenvalue weighted by atomic mass is 9.81. The van der Waals surface area contributed by atoms with Gasteiger partial charge in [0.2, 0.25) is 0 Å². The van der Waals surface area contributed by atoms with Crippen molar-refractivity contribution in [1.29, 1.82) is 0 Å². The summed E-state index contributed by atoms with van der Waals surface area (Å²) in [5.41, 5.74) is 4.20. The van der Waals surface area contributed by atoms with E-state index in [4.69, 9.17) is 0 Å². The third-order valence-electron chi connectivity index (χ3n) is 4.66. The van der Waals surface area contributed by atoms with Crippen LogP contribution in [0.25, 0.3) is 11.1 Å². The van der Waals surface area contributed by atoms with Crippen LogP contribution in [0.5, 0.6) is 11.5 Å². The van der Waals surface area contributed by atoms with E-state index in [-0.39, 0.29) is 10.8 Å². The van der Waals surface area contributed by atoms with Crippen LogP contribution in [0.2, 0.25) is 0 Å². The molecule has 0 aliphatic carbocycles. The maximum Gasteiger partial charge on any atom is 0.123 e. The van der Waals surface area contributed by atoms with E-state index in [0.717, 1.165) is 16.7 Å². The van der Waals surface area contributed by atoms with Gasteiger partial charge in [-0.15, -0.1) is 0 Å². The van der Waals surface area contributed by atoms with Crippen molar-refractivity contribution in [3.05, 3.63) is 83.9 Å². The molecule has 0 atom stereocenters. The lowest BCUT2D eigenvalue weighted by Gasteiger charge is -2.24. The van der Waals surface area contributed by atoms with Gasteiger partial charge in [-0.1, -0.05) is 102 Å². The molecule has 2 heteroatoms. The van der Waals surface area contributed by atoms with E-state index in [1.54, 1.807) is 6.07 Å². The summed E-state index contributed by atoms with van der Waals surface area (Å²) < 4.78 is 0. The molecule has 0 unspecified atom stereocenters. The van der Waals surface area contributed by atoms with Gasteiger partial charge in [-0.2, -0.15) is 0 Å². The molecule has 0 saturated carbocycles. The average Bonchev–Trinajstić information content (AvgIpc) is 2.61. The molecule has 0 aliphatic rings. The van der Waals surface area contributed by atoms with Gasteiger partial charge in [0.05, 0.1) is 0 Å². The van der Waals surface area contributed by atoms with Gasteiger partial charge in [0, 0.05) is 5.56 Å². The van der Waals surface area contributed by atoms with Gasteiger partial charge in [0.15, 0.2) is 0 Å². The fourth-order valence-corrected chi connectivity index (χ4v) is 2.97. The second kappa shape index (κ2) is 8.52. The molecule has 0 aromatic heterocycles. The van der Waals surface area contributed by atoms with Crippen LogP contribution in [-0.4, -0.2) is 10.2 Å². The number of benzene rings is 3. The zero-order valence-corrected chi connectivity index (χ0v) is 17.8. The molecule has 3 aromatic carbocycles. The highest BCUT2D eigenvalue weighted by Gasteiger charge is 2.21. The highest BCUT2D eigenvalue weighted by Crippen LogP contribution is 2.34. The molecule has 2 N–H and O–H groups in total. The van der Waals surface area contributed by atoms with E-state index in [1.807, 2.05) is 60.7 Å². The number of phenols is 2. The third-order valence-corrected chi connectivity index (χ3v) is 4.66. The first kappa shape index (κ1) is 21.6. The monoisotopic (exact) mass is 376 g/mol. The minimum Gasteiger partial charge on any atom is -0.508 e. The molecule has 0 fully saturated rings. The van der Waals surface area contributed by atoms with E-state index < -0.39 is 0 Å². The fraction of sp³-hybridized carbons (Fsp3) is 0.308. The molecule has 0 heterocycles. The average molecular weight is 377 g/mol. The first-order chi connectivity index (χ1) is 13.0. The lowest BCUT2D eigenvalue weighted by Crippen LogP contribution is -2.14. The van der Waals surface area contributed by atoms with Crippen LogP contribution in [-0.2, 0) is 10.8 Å². The Bertz CT molecular complexity index is 898. The molecule has 0 radical (unpaired) electrons. The van der Waals surface area contributed by atoms with E-state index in [2.05, 4.69) is 47.6 Å². The van der Waals surface area contributed by atoms with Gasteiger partial charge in [-0.3, -0.25) is 0 Å². The summed E-state index contributed by atoms with van der Waals surface area (Å²) >= 11 is 0. The Hall–Kier alpha value is -2.74. The van der Waals surface area contributed by atoms with Crippen molar-refractivity contribution in [2.75, 3.05) is 0 Å². The van der Waals surface area contributed by atoms with Crippen molar-refractivity contribution >= 4 is 0 Å². The standard InChI is InChI=1S/C14H22O.C12H10O/c1-13(2,3)10-7-8-11(12(15)9-10)14(4,5)6;13-12-9-5-4-8-11(12)10-6-2-1-3-7-10/h7-9,15H,1-6H3;1-9,13H. The Morgan fingerprint density at radius 1 is 0.571 bits per heavy atom. The van der Waals surface area contributed by atoms with Gasteiger partial charge >= 0.3 is 0 Å². The van der Waals surface area contributed by atoms with Crippen LogP contribution >= 0.6 is 0 Å². The summed E-state index contributed by atoms with van der Waals surface area (Å²) in [5, 5.41) is 19.6. The molecule has 0 aliphatic heterocycles. The van der Waals surface area contributed by atoms with Crippen LogP contribution < -0.4 is 0 Å². The molecule has 3 rings (SSSR count). The largest absolute Gasteiger partial charge is 0.508 e. The number of aromatic hydroxyl groups is 2. The highest BCUT2D eigenvalue weighted by atomic mass is 16.3. The van der Waals surface area contributed by atoms with Crippen molar-refractivity contribution in [1.82, 2.24) is 0 Å². The van der Waals surface area contributed by atoms with Crippen molar-refractivity contribution in [2.24, 2.45) is 0 Å². The number of para-hydroxylation sites is 1. The quantitative estimate of drug-likeness (QED) is 0.478. The van der Waals surface area contributed by atoms with Crippen LogP contribution in [0.1, 0.15) is 52.7 Å².